The molecule has 0 unspecified atom stereocenters. The van der Waals surface area contributed by atoms with Crippen molar-refractivity contribution in [3.63, 3.8) is 0 Å². The number of pyridine rings is 1. The van der Waals surface area contributed by atoms with Crippen molar-refractivity contribution < 1.29 is 4.79 Å². The molecule has 1 aromatic rings. The summed E-state index contributed by atoms with van der Waals surface area (Å²) in [6, 6.07) is 3.64. The third-order valence-corrected chi connectivity index (χ3v) is 4.21. The fourth-order valence-electron chi connectivity index (χ4n) is 2.45. The number of halogens is 1. The zero-order valence-corrected chi connectivity index (χ0v) is 12.5. The summed E-state index contributed by atoms with van der Waals surface area (Å²) in [5.41, 5.74) is 0.682. The topological polar surface area (TPSA) is 33.2 Å². The molecule has 0 atom stereocenters. The number of amides is 1. The van der Waals surface area contributed by atoms with Crippen LogP contribution in [0.15, 0.2) is 22.9 Å². The highest BCUT2D eigenvalue weighted by Gasteiger charge is 2.25. The number of aromatic nitrogens is 1. The average molecular weight is 311 g/mol. The standard InChI is InChI=1S/C14H19BrN2O/c1-10(2)11-5-7-17(8-6-11)14(18)12-3-4-13(15)16-9-12/h3-4,9-11H,5-8H2,1-2H3. The van der Waals surface area contributed by atoms with Gasteiger partial charge in [0.25, 0.3) is 5.91 Å². The smallest absolute Gasteiger partial charge is 0.255 e. The fourth-order valence-corrected chi connectivity index (χ4v) is 2.69. The predicted octanol–water partition coefficient (Wildman–Crippen LogP) is 3.35. The zero-order chi connectivity index (χ0) is 13.1. The molecule has 0 aliphatic carbocycles. The molecule has 0 aromatic carbocycles. The van der Waals surface area contributed by atoms with Gasteiger partial charge < -0.3 is 4.90 Å². The molecule has 4 heteroatoms. The van der Waals surface area contributed by atoms with E-state index in [2.05, 4.69) is 34.8 Å². The summed E-state index contributed by atoms with van der Waals surface area (Å²) < 4.78 is 0.762. The molecule has 0 spiro atoms. The quantitative estimate of drug-likeness (QED) is 0.785. The molecule has 0 bridgehead atoms. The van der Waals surface area contributed by atoms with Crippen molar-refractivity contribution in [2.24, 2.45) is 11.8 Å². The van der Waals surface area contributed by atoms with Gasteiger partial charge in [-0.15, -0.1) is 0 Å². The first kappa shape index (κ1) is 13.5. The van der Waals surface area contributed by atoms with Gasteiger partial charge in [0, 0.05) is 19.3 Å². The van der Waals surface area contributed by atoms with E-state index < -0.39 is 0 Å². The van der Waals surface area contributed by atoms with Crippen LogP contribution in [0.2, 0.25) is 0 Å². The van der Waals surface area contributed by atoms with Gasteiger partial charge in [0.15, 0.2) is 0 Å². The lowest BCUT2D eigenvalue weighted by atomic mass is 9.86. The second-order valence-corrected chi connectivity index (χ2v) is 6.06. The minimum absolute atomic E-state index is 0.109. The highest BCUT2D eigenvalue weighted by Crippen LogP contribution is 2.25. The van der Waals surface area contributed by atoms with E-state index in [1.165, 1.54) is 0 Å². The Morgan fingerprint density at radius 1 is 1.39 bits per heavy atom. The second kappa shape index (κ2) is 5.83. The first-order valence-corrected chi connectivity index (χ1v) is 7.28. The van der Waals surface area contributed by atoms with E-state index in [0.717, 1.165) is 42.4 Å². The zero-order valence-electron chi connectivity index (χ0n) is 10.9. The van der Waals surface area contributed by atoms with E-state index in [9.17, 15) is 4.79 Å². The summed E-state index contributed by atoms with van der Waals surface area (Å²) in [6.07, 6.45) is 3.88. The Labute approximate surface area is 117 Å². The van der Waals surface area contributed by atoms with Gasteiger partial charge in [0.1, 0.15) is 4.60 Å². The normalized spacial score (nSPS) is 17.2. The third kappa shape index (κ3) is 3.10. The first-order chi connectivity index (χ1) is 8.58. The summed E-state index contributed by atoms with van der Waals surface area (Å²) >= 11 is 3.28. The maximum absolute atomic E-state index is 12.3. The summed E-state index contributed by atoms with van der Waals surface area (Å²) in [5.74, 6) is 1.59. The number of carbonyl (C=O) groups is 1. The lowest BCUT2D eigenvalue weighted by molar-refractivity contribution is 0.0667. The molecule has 1 aliphatic heterocycles. The van der Waals surface area contributed by atoms with Crippen molar-refractivity contribution in [1.29, 1.82) is 0 Å². The molecule has 0 saturated carbocycles. The van der Waals surface area contributed by atoms with E-state index >= 15 is 0 Å². The monoisotopic (exact) mass is 310 g/mol. The van der Waals surface area contributed by atoms with Gasteiger partial charge in [-0.2, -0.15) is 0 Å². The van der Waals surface area contributed by atoms with Crippen LogP contribution in [0, 0.1) is 11.8 Å². The molecule has 1 saturated heterocycles. The first-order valence-electron chi connectivity index (χ1n) is 6.48. The second-order valence-electron chi connectivity index (χ2n) is 5.24. The number of rotatable bonds is 2. The molecule has 1 aromatic heterocycles. The Bertz CT molecular complexity index is 408. The van der Waals surface area contributed by atoms with Gasteiger partial charge >= 0.3 is 0 Å². The van der Waals surface area contributed by atoms with Crippen LogP contribution in [0.5, 0.6) is 0 Å². The van der Waals surface area contributed by atoms with E-state index in [4.69, 9.17) is 0 Å². The molecular formula is C14H19BrN2O. The number of likely N-dealkylation sites (tertiary alicyclic amines) is 1. The molecule has 98 valence electrons. The molecule has 2 heterocycles. The van der Waals surface area contributed by atoms with Crippen molar-refractivity contribution in [3.8, 4) is 0 Å². The molecule has 1 fully saturated rings. The summed E-state index contributed by atoms with van der Waals surface area (Å²) in [6.45, 7) is 6.27. The van der Waals surface area contributed by atoms with Crippen molar-refractivity contribution in [3.05, 3.63) is 28.5 Å². The van der Waals surface area contributed by atoms with Gasteiger partial charge in [0.2, 0.25) is 0 Å². The Kier molecular flexibility index (Phi) is 4.38. The van der Waals surface area contributed by atoms with Crippen LogP contribution >= 0.6 is 15.9 Å². The van der Waals surface area contributed by atoms with E-state index in [1.807, 2.05) is 17.0 Å². The molecule has 1 amide bonds. The minimum atomic E-state index is 0.109. The van der Waals surface area contributed by atoms with Gasteiger partial charge in [0.05, 0.1) is 5.56 Å². The largest absolute Gasteiger partial charge is 0.339 e. The van der Waals surface area contributed by atoms with Crippen molar-refractivity contribution in [1.82, 2.24) is 9.88 Å². The summed E-state index contributed by atoms with van der Waals surface area (Å²) in [4.78, 5) is 18.3. The SMILES string of the molecule is CC(C)C1CCN(C(=O)c2ccc(Br)nc2)CC1. The maximum Gasteiger partial charge on any atom is 0.255 e. The Hall–Kier alpha value is -0.900. The van der Waals surface area contributed by atoms with E-state index in [1.54, 1.807) is 6.20 Å². The lowest BCUT2D eigenvalue weighted by Crippen LogP contribution is -2.39. The molecule has 3 nitrogen and oxygen atoms in total. The van der Waals surface area contributed by atoms with Crippen LogP contribution in [0.25, 0.3) is 0 Å². The number of carbonyl (C=O) groups excluding carboxylic acids is 1. The van der Waals surface area contributed by atoms with Gasteiger partial charge in [-0.25, -0.2) is 4.98 Å². The number of hydrogen-bond acceptors (Lipinski definition) is 2. The Balaban J connectivity index is 1.97. The number of piperidine rings is 1. The number of nitrogens with zero attached hydrogens (tertiary/aromatic N) is 2. The predicted molar refractivity (Wildman–Crippen MR) is 75.4 cm³/mol. The molecule has 2 rings (SSSR count). The minimum Gasteiger partial charge on any atom is -0.339 e. The van der Waals surface area contributed by atoms with Crippen LogP contribution in [0.4, 0.5) is 0 Å². The Morgan fingerprint density at radius 3 is 2.56 bits per heavy atom. The highest BCUT2D eigenvalue weighted by atomic mass is 79.9. The van der Waals surface area contributed by atoms with E-state index in [-0.39, 0.29) is 5.91 Å². The van der Waals surface area contributed by atoms with Crippen molar-refractivity contribution >= 4 is 21.8 Å². The highest BCUT2D eigenvalue weighted by molar-refractivity contribution is 9.10. The molecular weight excluding hydrogens is 292 g/mol. The molecule has 0 radical (unpaired) electrons. The van der Waals surface area contributed by atoms with Crippen LogP contribution in [0.1, 0.15) is 37.0 Å². The molecule has 18 heavy (non-hydrogen) atoms. The molecule has 0 N–H and O–H groups in total. The average Bonchev–Trinajstić information content (AvgIpc) is 2.39. The maximum atomic E-state index is 12.3. The van der Waals surface area contributed by atoms with Crippen LogP contribution in [-0.4, -0.2) is 28.9 Å². The van der Waals surface area contributed by atoms with Gasteiger partial charge in [-0.3, -0.25) is 4.79 Å². The Morgan fingerprint density at radius 2 is 2.06 bits per heavy atom. The van der Waals surface area contributed by atoms with E-state index in [0.29, 0.717) is 5.56 Å². The lowest BCUT2D eigenvalue weighted by Gasteiger charge is -2.33. The van der Waals surface area contributed by atoms with Crippen LogP contribution in [-0.2, 0) is 0 Å². The summed E-state index contributed by atoms with van der Waals surface area (Å²) in [7, 11) is 0. The van der Waals surface area contributed by atoms with Crippen molar-refractivity contribution in [2.45, 2.75) is 26.7 Å². The van der Waals surface area contributed by atoms with Crippen LogP contribution in [0.3, 0.4) is 0 Å². The number of hydrogen-bond donors (Lipinski definition) is 0. The van der Waals surface area contributed by atoms with Gasteiger partial charge in [-0.1, -0.05) is 13.8 Å². The van der Waals surface area contributed by atoms with Crippen LogP contribution < -0.4 is 0 Å². The molecule has 1 aliphatic rings. The third-order valence-electron chi connectivity index (χ3n) is 3.74. The van der Waals surface area contributed by atoms with Gasteiger partial charge in [-0.05, 0) is 52.7 Å². The van der Waals surface area contributed by atoms with Crippen molar-refractivity contribution in [2.75, 3.05) is 13.1 Å². The summed E-state index contributed by atoms with van der Waals surface area (Å²) in [5, 5.41) is 0. The fraction of sp³-hybridized carbons (Fsp3) is 0.571.